The molecular weight excluding hydrogens is 418 g/mol. The number of anilines is 1. The Hall–Kier alpha value is -3.23. The Balaban J connectivity index is 1.34. The van der Waals surface area contributed by atoms with Crippen molar-refractivity contribution in [2.24, 2.45) is 5.10 Å². The van der Waals surface area contributed by atoms with E-state index in [4.69, 9.17) is 4.74 Å². The van der Waals surface area contributed by atoms with Crippen LogP contribution < -0.4 is 5.32 Å². The molecule has 0 spiro atoms. The number of hydrogen-bond acceptors (Lipinski definition) is 7. The summed E-state index contributed by atoms with van der Waals surface area (Å²) < 4.78 is 4.77. The number of nitrogens with one attached hydrogen (secondary N) is 1. The van der Waals surface area contributed by atoms with Crippen LogP contribution in [0.25, 0.3) is 0 Å². The molecule has 0 aliphatic carbocycles. The highest BCUT2D eigenvalue weighted by atomic mass is 16.5. The fourth-order valence-electron chi connectivity index (χ4n) is 4.06. The zero-order valence-corrected chi connectivity index (χ0v) is 19.3. The molecule has 1 N–H and O–H groups in total. The number of piperazine rings is 1. The molecule has 8 nitrogen and oxygen atoms in total. The van der Waals surface area contributed by atoms with E-state index >= 15 is 0 Å². The van der Waals surface area contributed by atoms with Gasteiger partial charge in [0.05, 0.1) is 19.9 Å². The van der Waals surface area contributed by atoms with Crippen molar-refractivity contribution in [2.45, 2.75) is 13.0 Å². The van der Waals surface area contributed by atoms with E-state index in [2.05, 4.69) is 38.3 Å². The van der Waals surface area contributed by atoms with E-state index in [0.29, 0.717) is 12.1 Å². The molecule has 0 radical (unpaired) electrons. The third-order valence-electron chi connectivity index (χ3n) is 6.16. The molecule has 0 saturated carbocycles. The van der Waals surface area contributed by atoms with Crippen LogP contribution in [0.15, 0.2) is 47.6 Å². The first-order chi connectivity index (χ1) is 16.0. The Morgan fingerprint density at radius 2 is 1.79 bits per heavy atom. The van der Waals surface area contributed by atoms with Crippen LogP contribution in [0, 0.1) is 0 Å². The van der Waals surface area contributed by atoms with Gasteiger partial charge in [0.2, 0.25) is 0 Å². The molecule has 0 bridgehead atoms. The molecule has 1 fully saturated rings. The van der Waals surface area contributed by atoms with E-state index in [1.54, 1.807) is 0 Å². The fraction of sp³-hybridized carbons (Fsp3) is 0.400. The van der Waals surface area contributed by atoms with Crippen LogP contribution in [0.3, 0.4) is 0 Å². The number of hydrogen-bond donors (Lipinski definition) is 1. The maximum atomic E-state index is 12.7. The van der Waals surface area contributed by atoms with E-state index in [1.165, 1.54) is 12.7 Å². The van der Waals surface area contributed by atoms with Crippen LogP contribution in [-0.4, -0.2) is 86.3 Å². The Kier molecular flexibility index (Phi) is 7.36. The van der Waals surface area contributed by atoms with Gasteiger partial charge in [-0.05, 0) is 54.4 Å². The van der Waals surface area contributed by atoms with Crippen molar-refractivity contribution < 1.29 is 14.3 Å². The average molecular weight is 450 g/mol. The highest BCUT2D eigenvalue weighted by molar-refractivity contribution is 6.04. The average Bonchev–Trinajstić information content (AvgIpc) is 2.83. The number of carbonyl (C=O) groups is 2. The lowest BCUT2D eigenvalue weighted by Crippen LogP contribution is -2.41. The number of fused-ring (bicyclic) bond motifs is 1. The van der Waals surface area contributed by atoms with Crippen LogP contribution in [0.2, 0.25) is 0 Å². The molecule has 2 heterocycles. The monoisotopic (exact) mass is 449 g/mol. The van der Waals surface area contributed by atoms with Crippen molar-refractivity contribution in [2.75, 3.05) is 58.7 Å². The van der Waals surface area contributed by atoms with Gasteiger partial charge in [0.25, 0.3) is 5.91 Å². The van der Waals surface area contributed by atoms with Crippen molar-refractivity contribution >= 4 is 23.8 Å². The molecule has 2 aromatic rings. The molecule has 2 aliphatic heterocycles. The van der Waals surface area contributed by atoms with Crippen molar-refractivity contribution in [3.05, 3.63) is 64.7 Å². The van der Waals surface area contributed by atoms with E-state index in [0.717, 1.165) is 56.0 Å². The molecule has 1 saturated heterocycles. The summed E-state index contributed by atoms with van der Waals surface area (Å²) in [5.41, 5.74) is 4.68. The molecule has 33 heavy (non-hydrogen) atoms. The first-order valence-electron chi connectivity index (χ1n) is 11.3. The van der Waals surface area contributed by atoms with E-state index < -0.39 is 0 Å². The number of rotatable bonds is 6. The minimum atomic E-state index is -0.236. The van der Waals surface area contributed by atoms with Gasteiger partial charge >= 0.3 is 5.97 Å². The number of amides is 1. The summed E-state index contributed by atoms with van der Waals surface area (Å²) in [5.74, 6) is -0.389. The standard InChI is InChI=1S/C25H31N5O3/c1-28-11-13-30(14-12-28)26-16-19-3-5-21(6-4-19)25(32)27-23-8-7-20-9-10-29(17-22(20)15-23)18-24(31)33-2/h3-8,15-16H,9-14,17-18H2,1-2H3,(H,27,32). The normalized spacial score (nSPS) is 17.1. The Morgan fingerprint density at radius 1 is 1.03 bits per heavy atom. The van der Waals surface area contributed by atoms with Crippen molar-refractivity contribution in [1.29, 1.82) is 0 Å². The lowest BCUT2D eigenvalue weighted by Gasteiger charge is -2.30. The number of ether oxygens (including phenoxy) is 1. The summed E-state index contributed by atoms with van der Waals surface area (Å²) in [6.07, 6.45) is 2.72. The second-order valence-corrected chi connectivity index (χ2v) is 8.60. The SMILES string of the molecule is COC(=O)CN1CCc2ccc(NC(=O)c3ccc(C=NN4CCN(C)CC4)cc3)cc2C1. The highest BCUT2D eigenvalue weighted by Gasteiger charge is 2.19. The van der Waals surface area contributed by atoms with E-state index in [9.17, 15) is 9.59 Å². The zero-order chi connectivity index (χ0) is 23.2. The van der Waals surface area contributed by atoms with Crippen LogP contribution in [0.4, 0.5) is 5.69 Å². The number of methoxy groups -OCH3 is 1. The molecular formula is C25H31N5O3. The molecule has 0 unspecified atom stereocenters. The summed E-state index contributed by atoms with van der Waals surface area (Å²) in [4.78, 5) is 28.7. The van der Waals surface area contributed by atoms with Gasteiger partial charge in [-0.1, -0.05) is 18.2 Å². The number of benzene rings is 2. The minimum absolute atomic E-state index is 0.153. The summed E-state index contributed by atoms with van der Waals surface area (Å²) in [6.45, 7) is 5.64. The van der Waals surface area contributed by atoms with Crippen LogP contribution >= 0.6 is 0 Å². The van der Waals surface area contributed by atoms with Crippen molar-refractivity contribution in [3.8, 4) is 0 Å². The third kappa shape index (κ3) is 6.18. The highest BCUT2D eigenvalue weighted by Crippen LogP contribution is 2.23. The number of likely N-dealkylation sites (N-methyl/N-ethyl adjacent to an activating group) is 1. The van der Waals surface area contributed by atoms with Gasteiger partial charge in [-0.15, -0.1) is 0 Å². The fourth-order valence-corrected chi connectivity index (χ4v) is 4.06. The summed E-state index contributed by atoms with van der Waals surface area (Å²) in [7, 11) is 3.52. The molecule has 2 aromatic carbocycles. The van der Waals surface area contributed by atoms with Gasteiger partial charge in [0, 0.05) is 50.5 Å². The topological polar surface area (TPSA) is 77.5 Å². The molecule has 4 rings (SSSR count). The predicted octanol–water partition coefficient (Wildman–Crippen LogP) is 2.05. The lowest BCUT2D eigenvalue weighted by molar-refractivity contribution is -0.142. The number of hydrazone groups is 1. The largest absolute Gasteiger partial charge is 0.468 e. The maximum absolute atomic E-state index is 12.7. The van der Waals surface area contributed by atoms with Gasteiger partial charge < -0.3 is 15.0 Å². The molecule has 2 aliphatic rings. The summed E-state index contributed by atoms with van der Waals surface area (Å²) in [5, 5.41) is 9.61. The first-order valence-corrected chi connectivity index (χ1v) is 11.3. The van der Waals surface area contributed by atoms with Crippen molar-refractivity contribution in [1.82, 2.24) is 14.8 Å². The number of esters is 1. The Labute approximate surface area is 194 Å². The molecule has 174 valence electrons. The minimum Gasteiger partial charge on any atom is -0.468 e. The van der Waals surface area contributed by atoms with E-state index in [1.807, 2.05) is 42.6 Å². The van der Waals surface area contributed by atoms with Crippen LogP contribution in [0.1, 0.15) is 27.0 Å². The van der Waals surface area contributed by atoms with E-state index in [-0.39, 0.29) is 18.4 Å². The number of carbonyl (C=O) groups excluding carboxylic acids is 2. The van der Waals surface area contributed by atoms with Gasteiger partial charge in [0.15, 0.2) is 0 Å². The Bertz CT molecular complexity index is 1010. The smallest absolute Gasteiger partial charge is 0.319 e. The quantitative estimate of drug-likeness (QED) is 0.537. The molecule has 0 atom stereocenters. The predicted molar refractivity (Wildman–Crippen MR) is 128 cm³/mol. The zero-order valence-electron chi connectivity index (χ0n) is 19.3. The van der Waals surface area contributed by atoms with Gasteiger partial charge in [-0.2, -0.15) is 5.10 Å². The molecule has 1 amide bonds. The maximum Gasteiger partial charge on any atom is 0.319 e. The van der Waals surface area contributed by atoms with Crippen LogP contribution in [0.5, 0.6) is 0 Å². The van der Waals surface area contributed by atoms with Gasteiger partial charge in [-0.3, -0.25) is 19.5 Å². The molecule has 8 heteroatoms. The van der Waals surface area contributed by atoms with Crippen LogP contribution in [-0.2, 0) is 22.5 Å². The van der Waals surface area contributed by atoms with Gasteiger partial charge in [-0.25, -0.2) is 0 Å². The number of nitrogens with zero attached hydrogens (tertiary/aromatic N) is 4. The summed E-state index contributed by atoms with van der Waals surface area (Å²) >= 11 is 0. The van der Waals surface area contributed by atoms with Crippen molar-refractivity contribution in [3.63, 3.8) is 0 Å². The summed E-state index contributed by atoms with van der Waals surface area (Å²) in [6, 6.07) is 13.4. The first kappa shape index (κ1) is 22.9. The Morgan fingerprint density at radius 3 is 2.52 bits per heavy atom. The second kappa shape index (κ2) is 10.6. The molecule has 0 aromatic heterocycles. The van der Waals surface area contributed by atoms with Gasteiger partial charge in [0.1, 0.15) is 0 Å². The lowest BCUT2D eigenvalue weighted by atomic mass is 9.99. The third-order valence-corrected chi connectivity index (χ3v) is 6.16. The second-order valence-electron chi connectivity index (χ2n) is 8.60.